The molecule has 0 spiro atoms. The average molecular weight is 494 g/mol. The predicted octanol–water partition coefficient (Wildman–Crippen LogP) is 3.94. The summed E-state index contributed by atoms with van der Waals surface area (Å²) in [5, 5.41) is 12.0. The van der Waals surface area contributed by atoms with E-state index in [1.807, 2.05) is 24.3 Å². The van der Waals surface area contributed by atoms with Crippen molar-refractivity contribution in [2.75, 3.05) is 26.5 Å². The second kappa shape index (κ2) is 11.5. The van der Waals surface area contributed by atoms with Gasteiger partial charge in [-0.25, -0.2) is 4.39 Å². The molecule has 0 bridgehead atoms. The normalized spacial score (nSPS) is 10.7. The van der Waals surface area contributed by atoms with Crippen LogP contribution >= 0.6 is 11.8 Å². The van der Waals surface area contributed by atoms with Gasteiger partial charge in [-0.2, -0.15) is 0 Å². The van der Waals surface area contributed by atoms with Gasteiger partial charge in [-0.05, 0) is 60.5 Å². The Balaban J connectivity index is 1.41. The third-order valence-electron chi connectivity index (χ3n) is 5.15. The van der Waals surface area contributed by atoms with Gasteiger partial charge in [-0.3, -0.25) is 14.3 Å². The summed E-state index contributed by atoms with van der Waals surface area (Å²) >= 11 is 1.25. The lowest BCUT2D eigenvalue weighted by Crippen LogP contribution is -2.27. The quantitative estimate of drug-likeness (QED) is 0.335. The molecule has 1 amide bonds. The Bertz CT molecular complexity index is 1280. The van der Waals surface area contributed by atoms with Crippen LogP contribution in [0.3, 0.4) is 0 Å². The van der Waals surface area contributed by atoms with Crippen LogP contribution in [0.4, 0.5) is 4.39 Å². The van der Waals surface area contributed by atoms with E-state index in [-0.39, 0.29) is 17.5 Å². The zero-order valence-electron chi connectivity index (χ0n) is 19.3. The van der Waals surface area contributed by atoms with Crippen LogP contribution in [-0.2, 0) is 11.2 Å². The van der Waals surface area contributed by atoms with Crippen molar-refractivity contribution in [3.63, 3.8) is 0 Å². The van der Waals surface area contributed by atoms with Gasteiger partial charge < -0.3 is 14.8 Å². The van der Waals surface area contributed by atoms with Gasteiger partial charge in [0, 0.05) is 30.2 Å². The number of benzene rings is 2. The van der Waals surface area contributed by atoms with E-state index in [1.165, 1.54) is 23.9 Å². The maximum Gasteiger partial charge on any atom is 0.230 e. The number of hydrogen-bond acceptors (Lipinski definition) is 7. The topological polar surface area (TPSA) is 91.2 Å². The number of amides is 1. The van der Waals surface area contributed by atoms with E-state index in [9.17, 15) is 9.18 Å². The maximum atomic E-state index is 13.5. The lowest BCUT2D eigenvalue weighted by atomic mass is 10.1. The van der Waals surface area contributed by atoms with E-state index in [0.717, 1.165) is 11.1 Å². The van der Waals surface area contributed by atoms with Crippen LogP contribution in [0.25, 0.3) is 17.1 Å². The molecule has 4 rings (SSSR count). The third kappa shape index (κ3) is 5.96. The summed E-state index contributed by atoms with van der Waals surface area (Å²) in [6.45, 7) is 0.473. The first-order valence-electron chi connectivity index (χ1n) is 10.8. The summed E-state index contributed by atoms with van der Waals surface area (Å²) in [4.78, 5) is 16.7. The number of rotatable bonds is 10. The van der Waals surface area contributed by atoms with Crippen molar-refractivity contribution < 1.29 is 18.7 Å². The lowest BCUT2D eigenvalue weighted by molar-refractivity contribution is -0.118. The Kier molecular flexibility index (Phi) is 7.94. The number of ether oxygens (including phenoxy) is 2. The first-order valence-corrected chi connectivity index (χ1v) is 11.8. The number of carbonyl (C=O) groups excluding carboxylic acids is 1. The van der Waals surface area contributed by atoms with Gasteiger partial charge in [0.15, 0.2) is 22.5 Å². The van der Waals surface area contributed by atoms with E-state index in [4.69, 9.17) is 9.47 Å². The molecule has 0 saturated heterocycles. The van der Waals surface area contributed by atoms with Crippen LogP contribution in [0.2, 0.25) is 0 Å². The molecule has 0 fully saturated rings. The molecule has 10 heteroatoms. The van der Waals surface area contributed by atoms with E-state index in [2.05, 4.69) is 20.5 Å². The average Bonchev–Trinajstić information content (AvgIpc) is 3.32. The first-order chi connectivity index (χ1) is 17.1. The van der Waals surface area contributed by atoms with Crippen LogP contribution in [-0.4, -0.2) is 52.2 Å². The van der Waals surface area contributed by atoms with Crippen LogP contribution in [0, 0.1) is 5.82 Å². The van der Waals surface area contributed by atoms with Crippen LogP contribution in [0.5, 0.6) is 11.5 Å². The molecule has 0 unspecified atom stereocenters. The number of aromatic nitrogens is 4. The highest BCUT2D eigenvalue weighted by Gasteiger charge is 2.17. The monoisotopic (exact) mass is 493 g/mol. The Labute approximate surface area is 206 Å². The second-order valence-corrected chi connectivity index (χ2v) is 8.38. The van der Waals surface area contributed by atoms with Gasteiger partial charge in [-0.15, -0.1) is 10.2 Å². The molecular weight excluding hydrogens is 469 g/mol. The number of hydrogen-bond donors (Lipinski definition) is 1. The van der Waals surface area contributed by atoms with E-state index in [1.54, 1.807) is 49.4 Å². The smallest absolute Gasteiger partial charge is 0.230 e. The summed E-state index contributed by atoms with van der Waals surface area (Å²) in [7, 11) is 3.18. The van der Waals surface area contributed by atoms with E-state index in [0.29, 0.717) is 41.1 Å². The highest BCUT2D eigenvalue weighted by atomic mass is 32.2. The summed E-state index contributed by atoms with van der Waals surface area (Å²) < 4.78 is 25.9. The highest BCUT2D eigenvalue weighted by molar-refractivity contribution is 7.99. The number of nitrogens with zero attached hydrogens (tertiary/aromatic N) is 4. The third-order valence-corrected chi connectivity index (χ3v) is 6.08. The molecule has 2 aromatic heterocycles. The number of carbonyl (C=O) groups is 1. The van der Waals surface area contributed by atoms with Crippen molar-refractivity contribution in [2.24, 2.45) is 0 Å². The van der Waals surface area contributed by atoms with Crippen LogP contribution in [0.15, 0.2) is 72.1 Å². The van der Waals surface area contributed by atoms with Gasteiger partial charge in [0.25, 0.3) is 0 Å². The summed E-state index contributed by atoms with van der Waals surface area (Å²) in [6.07, 6.45) is 4.00. The second-order valence-electron chi connectivity index (χ2n) is 7.44. The lowest BCUT2D eigenvalue weighted by Gasteiger charge is -2.11. The maximum absolute atomic E-state index is 13.5. The molecule has 8 nitrogen and oxygen atoms in total. The van der Waals surface area contributed by atoms with Crippen LogP contribution < -0.4 is 14.8 Å². The summed E-state index contributed by atoms with van der Waals surface area (Å²) in [6, 6.07) is 15.4. The molecule has 0 atom stereocenters. The van der Waals surface area contributed by atoms with Crippen molar-refractivity contribution in [2.45, 2.75) is 11.6 Å². The molecule has 2 aromatic carbocycles. The van der Waals surface area contributed by atoms with Crippen molar-refractivity contribution in [3.8, 4) is 28.6 Å². The SMILES string of the molecule is COc1ccc(CCNC(=O)CSc2nnc(-c3cccnc3)n2-c2ccc(F)cc2)cc1OC. The number of halogens is 1. The van der Waals surface area contributed by atoms with Crippen molar-refractivity contribution in [1.29, 1.82) is 0 Å². The van der Waals surface area contributed by atoms with Gasteiger partial charge in [0.2, 0.25) is 5.91 Å². The molecule has 0 aliphatic heterocycles. The minimum Gasteiger partial charge on any atom is -0.493 e. The minimum atomic E-state index is -0.340. The van der Waals surface area contributed by atoms with Gasteiger partial charge in [0.05, 0.1) is 20.0 Å². The van der Waals surface area contributed by atoms with Crippen molar-refractivity contribution >= 4 is 17.7 Å². The van der Waals surface area contributed by atoms with Crippen molar-refractivity contribution in [1.82, 2.24) is 25.1 Å². The fourth-order valence-corrected chi connectivity index (χ4v) is 4.21. The van der Waals surface area contributed by atoms with Crippen molar-refractivity contribution in [3.05, 3.63) is 78.4 Å². The van der Waals surface area contributed by atoms with E-state index >= 15 is 0 Å². The summed E-state index contributed by atoms with van der Waals surface area (Å²) in [5.74, 6) is 1.54. The van der Waals surface area contributed by atoms with Gasteiger partial charge >= 0.3 is 0 Å². The fraction of sp³-hybridized carbons (Fsp3) is 0.200. The molecule has 0 aliphatic rings. The molecule has 1 N–H and O–H groups in total. The standard InChI is InChI=1S/C25H24FN5O3S/c1-33-21-10-5-17(14-22(21)34-2)11-13-28-23(32)16-35-25-30-29-24(18-4-3-12-27-15-18)31(25)20-8-6-19(26)7-9-20/h3-10,12,14-15H,11,13,16H2,1-2H3,(H,28,32). The Morgan fingerprint density at radius 1 is 1.06 bits per heavy atom. The summed E-state index contributed by atoms with van der Waals surface area (Å²) in [5.41, 5.74) is 2.47. The molecule has 0 saturated carbocycles. The Morgan fingerprint density at radius 3 is 2.57 bits per heavy atom. The predicted molar refractivity (Wildman–Crippen MR) is 132 cm³/mol. The molecule has 0 radical (unpaired) electrons. The minimum absolute atomic E-state index is 0.132. The van der Waals surface area contributed by atoms with Gasteiger partial charge in [0.1, 0.15) is 5.82 Å². The molecular formula is C25H24FN5O3S. The van der Waals surface area contributed by atoms with Crippen LogP contribution in [0.1, 0.15) is 5.56 Å². The largest absolute Gasteiger partial charge is 0.493 e. The Hall–Kier alpha value is -3.92. The molecule has 0 aliphatic carbocycles. The number of thioether (sulfide) groups is 1. The zero-order valence-corrected chi connectivity index (χ0v) is 20.1. The zero-order chi connectivity index (χ0) is 24.6. The number of nitrogens with one attached hydrogen (secondary N) is 1. The fourth-order valence-electron chi connectivity index (χ4n) is 3.43. The number of pyridine rings is 1. The van der Waals surface area contributed by atoms with Gasteiger partial charge in [-0.1, -0.05) is 17.8 Å². The molecule has 35 heavy (non-hydrogen) atoms. The molecule has 2 heterocycles. The highest BCUT2D eigenvalue weighted by Crippen LogP contribution is 2.28. The Morgan fingerprint density at radius 2 is 1.86 bits per heavy atom. The van der Waals surface area contributed by atoms with E-state index < -0.39 is 0 Å². The first kappa shape index (κ1) is 24.2. The molecule has 180 valence electrons. The molecule has 4 aromatic rings. The number of methoxy groups -OCH3 is 2.